The van der Waals surface area contributed by atoms with Crippen LogP contribution in [0.25, 0.3) is 10.7 Å². The molecule has 0 amide bonds. The second-order valence-corrected chi connectivity index (χ2v) is 5.68. The molecule has 0 saturated heterocycles. The normalized spacial score (nSPS) is 13.1. The van der Waals surface area contributed by atoms with Gasteiger partial charge in [-0.05, 0) is 22.6 Å². The molecule has 104 valence electrons. The van der Waals surface area contributed by atoms with E-state index in [0.29, 0.717) is 18.3 Å². The number of aliphatic hydroxyl groups excluding tert-OH is 1. The van der Waals surface area contributed by atoms with Crippen LogP contribution in [0.3, 0.4) is 0 Å². The quantitative estimate of drug-likeness (QED) is 0.831. The predicted octanol–water partition coefficient (Wildman–Crippen LogP) is 1.44. The number of aliphatic hydroxyl groups is 1. The van der Waals surface area contributed by atoms with E-state index in [1.54, 1.807) is 11.3 Å². The summed E-state index contributed by atoms with van der Waals surface area (Å²) in [5, 5.41) is 23.9. The number of thiophene rings is 1. The molecule has 7 heteroatoms. The zero-order valence-electron chi connectivity index (χ0n) is 11.1. The molecule has 1 N–H and O–H groups in total. The van der Waals surface area contributed by atoms with Crippen molar-refractivity contribution in [2.75, 3.05) is 13.2 Å². The van der Waals surface area contributed by atoms with Crippen LogP contribution >= 0.6 is 11.3 Å². The van der Waals surface area contributed by atoms with E-state index in [1.807, 2.05) is 17.5 Å². The molecule has 0 saturated carbocycles. The van der Waals surface area contributed by atoms with E-state index in [-0.39, 0.29) is 13.2 Å². The van der Waals surface area contributed by atoms with Crippen LogP contribution in [0.1, 0.15) is 13.8 Å². The number of aromatic nitrogens is 4. The fourth-order valence-corrected chi connectivity index (χ4v) is 2.15. The highest BCUT2D eigenvalue weighted by Crippen LogP contribution is 2.19. The lowest BCUT2D eigenvalue weighted by Gasteiger charge is -2.11. The Morgan fingerprint density at radius 2 is 2.26 bits per heavy atom. The minimum absolute atomic E-state index is 0.286. The molecule has 2 aromatic heterocycles. The first kappa shape index (κ1) is 14.1. The average Bonchev–Trinajstić information content (AvgIpc) is 2.97. The second-order valence-electron chi connectivity index (χ2n) is 4.73. The van der Waals surface area contributed by atoms with E-state index in [9.17, 15) is 5.11 Å². The molecular formula is C12H18N4O2S. The van der Waals surface area contributed by atoms with Gasteiger partial charge < -0.3 is 9.84 Å². The molecule has 0 aromatic carbocycles. The third-order valence-electron chi connectivity index (χ3n) is 2.33. The summed E-state index contributed by atoms with van der Waals surface area (Å²) in [6, 6.07) is 3.88. The highest BCUT2D eigenvalue weighted by Gasteiger charge is 2.11. The Kier molecular flexibility index (Phi) is 5.00. The SMILES string of the molecule is CC(C)COC[C@@H](O)Cn1nnc(-c2cccs2)n1. The van der Waals surface area contributed by atoms with Gasteiger partial charge in [-0.15, -0.1) is 21.5 Å². The molecule has 0 spiro atoms. The zero-order chi connectivity index (χ0) is 13.7. The van der Waals surface area contributed by atoms with Gasteiger partial charge in [0, 0.05) is 6.61 Å². The maximum absolute atomic E-state index is 9.80. The van der Waals surface area contributed by atoms with E-state index < -0.39 is 6.10 Å². The molecule has 0 aliphatic carbocycles. The van der Waals surface area contributed by atoms with Crippen molar-refractivity contribution in [3.8, 4) is 10.7 Å². The van der Waals surface area contributed by atoms with E-state index >= 15 is 0 Å². The highest BCUT2D eigenvalue weighted by molar-refractivity contribution is 7.13. The Morgan fingerprint density at radius 3 is 2.95 bits per heavy atom. The van der Waals surface area contributed by atoms with Crippen LogP contribution in [0.15, 0.2) is 17.5 Å². The molecule has 2 aromatic rings. The molecule has 1 atom stereocenters. The van der Waals surface area contributed by atoms with Crippen LogP contribution in [0.2, 0.25) is 0 Å². The van der Waals surface area contributed by atoms with Crippen LogP contribution in [-0.4, -0.2) is 44.6 Å². The lowest BCUT2D eigenvalue weighted by atomic mass is 10.2. The fraction of sp³-hybridized carbons (Fsp3) is 0.583. The van der Waals surface area contributed by atoms with E-state index in [4.69, 9.17) is 4.74 Å². The summed E-state index contributed by atoms with van der Waals surface area (Å²) in [4.78, 5) is 2.37. The van der Waals surface area contributed by atoms with Gasteiger partial charge in [-0.2, -0.15) is 4.80 Å². The topological polar surface area (TPSA) is 73.1 Å². The van der Waals surface area contributed by atoms with E-state index in [1.165, 1.54) is 4.80 Å². The molecule has 0 bridgehead atoms. The maximum atomic E-state index is 9.80. The van der Waals surface area contributed by atoms with Crippen molar-refractivity contribution in [2.24, 2.45) is 5.92 Å². The summed E-state index contributed by atoms with van der Waals surface area (Å²) >= 11 is 1.56. The standard InChI is InChI=1S/C12H18N4O2S/c1-9(2)7-18-8-10(17)6-16-14-12(13-15-16)11-4-3-5-19-11/h3-5,9-10,17H,6-8H2,1-2H3/t10-/m0/s1. The van der Waals surface area contributed by atoms with Crippen molar-refractivity contribution >= 4 is 11.3 Å². The summed E-state index contributed by atoms with van der Waals surface area (Å²) < 4.78 is 5.37. The lowest BCUT2D eigenvalue weighted by molar-refractivity contribution is 0.0144. The van der Waals surface area contributed by atoms with Gasteiger partial charge >= 0.3 is 0 Å². The molecule has 0 aliphatic rings. The third-order valence-corrected chi connectivity index (χ3v) is 3.20. The molecule has 0 aliphatic heterocycles. The molecule has 0 unspecified atom stereocenters. The average molecular weight is 282 g/mol. The van der Waals surface area contributed by atoms with Crippen molar-refractivity contribution in [1.82, 2.24) is 20.2 Å². The summed E-state index contributed by atoms with van der Waals surface area (Å²) in [6.45, 7) is 5.35. The fourth-order valence-electron chi connectivity index (χ4n) is 1.51. The number of tetrazole rings is 1. The van der Waals surface area contributed by atoms with Crippen LogP contribution in [-0.2, 0) is 11.3 Å². The van der Waals surface area contributed by atoms with Gasteiger partial charge in [0.2, 0.25) is 5.82 Å². The molecule has 0 radical (unpaired) electrons. The first-order valence-electron chi connectivity index (χ1n) is 6.22. The maximum Gasteiger partial charge on any atom is 0.214 e. The summed E-state index contributed by atoms with van der Waals surface area (Å²) in [7, 11) is 0. The molecule has 2 heterocycles. The predicted molar refractivity (Wildman–Crippen MR) is 72.8 cm³/mol. The summed E-state index contributed by atoms with van der Waals surface area (Å²) in [5.74, 6) is 1.05. The third kappa shape index (κ3) is 4.38. The van der Waals surface area contributed by atoms with Gasteiger partial charge in [-0.3, -0.25) is 0 Å². The monoisotopic (exact) mass is 282 g/mol. The minimum Gasteiger partial charge on any atom is -0.389 e. The van der Waals surface area contributed by atoms with Gasteiger partial charge in [0.25, 0.3) is 0 Å². The van der Waals surface area contributed by atoms with E-state index in [2.05, 4.69) is 29.3 Å². The van der Waals surface area contributed by atoms with Gasteiger partial charge in [0.1, 0.15) is 0 Å². The van der Waals surface area contributed by atoms with Crippen LogP contribution in [0.4, 0.5) is 0 Å². The Balaban J connectivity index is 1.83. The van der Waals surface area contributed by atoms with Gasteiger partial charge in [-0.1, -0.05) is 19.9 Å². The Hall–Kier alpha value is -1.31. The van der Waals surface area contributed by atoms with Crippen molar-refractivity contribution in [3.63, 3.8) is 0 Å². The second kappa shape index (κ2) is 6.74. The van der Waals surface area contributed by atoms with Crippen molar-refractivity contribution in [2.45, 2.75) is 26.5 Å². The van der Waals surface area contributed by atoms with Gasteiger partial charge in [0.15, 0.2) is 0 Å². The van der Waals surface area contributed by atoms with Crippen LogP contribution in [0.5, 0.6) is 0 Å². The lowest BCUT2D eigenvalue weighted by Crippen LogP contribution is -2.24. The van der Waals surface area contributed by atoms with Crippen molar-refractivity contribution in [3.05, 3.63) is 17.5 Å². The number of hydrogen-bond donors (Lipinski definition) is 1. The van der Waals surface area contributed by atoms with E-state index in [0.717, 1.165) is 4.88 Å². The number of ether oxygens (including phenoxy) is 1. The number of nitrogens with zero attached hydrogens (tertiary/aromatic N) is 4. The Morgan fingerprint density at radius 1 is 1.42 bits per heavy atom. The minimum atomic E-state index is -0.621. The van der Waals surface area contributed by atoms with Crippen LogP contribution in [0, 0.1) is 5.92 Å². The number of rotatable bonds is 7. The van der Waals surface area contributed by atoms with Gasteiger partial charge in [0.05, 0.1) is 24.1 Å². The molecule has 19 heavy (non-hydrogen) atoms. The largest absolute Gasteiger partial charge is 0.389 e. The van der Waals surface area contributed by atoms with Crippen molar-refractivity contribution < 1.29 is 9.84 Å². The molecular weight excluding hydrogens is 264 g/mol. The van der Waals surface area contributed by atoms with Gasteiger partial charge in [-0.25, -0.2) is 0 Å². The molecule has 6 nitrogen and oxygen atoms in total. The number of hydrogen-bond acceptors (Lipinski definition) is 6. The summed E-state index contributed by atoms with van der Waals surface area (Å²) in [5.41, 5.74) is 0. The summed E-state index contributed by atoms with van der Waals surface area (Å²) in [6.07, 6.45) is -0.621. The Labute approximate surface area is 116 Å². The molecule has 0 fully saturated rings. The Bertz CT molecular complexity index is 484. The zero-order valence-corrected chi connectivity index (χ0v) is 11.9. The highest BCUT2D eigenvalue weighted by atomic mass is 32.1. The molecule has 2 rings (SSSR count). The first-order chi connectivity index (χ1) is 9.15. The smallest absolute Gasteiger partial charge is 0.214 e. The van der Waals surface area contributed by atoms with Crippen molar-refractivity contribution in [1.29, 1.82) is 0 Å². The van der Waals surface area contributed by atoms with Crippen LogP contribution < -0.4 is 0 Å². The first-order valence-corrected chi connectivity index (χ1v) is 7.10.